The normalized spacial score (nSPS) is 26.2. The van der Waals surface area contributed by atoms with Crippen LogP contribution in [0.4, 0.5) is 0 Å². The molecule has 4 nitrogen and oxygen atoms in total. The van der Waals surface area contributed by atoms with Crippen molar-refractivity contribution in [3.63, 3.8) is 0 Å². The summed E-state index contributed by atoms with van der Waals surface area (Å²) >= 11 is 0. The number of carboxylic acid groups (broad SMARTS) is 1. The molecule has 0 amide bonds. The Kier molecular flexibility index (Phi) is 5.40. The molecule has 1 heterocycles. The highest BCUT2D eigenvalue weighted by atomic mass is 16.4. The highest BCUT2D eigenvalue weighted by Gasteiger charge is 2.33. The molecule has 0 saturated carbocycles. The molecule has 2 unspecified atom stereocenters. The van der Waals surface area contributed by atoms with E-state index in [2.05, 4.69) is 17.1 Å². The molecule has 0 spiro atoms. The molecule has 0 aromatic carbocycles. The second kappa shape index (κ2) is 6.36. The lowest BCUT2D eigenvalue weighted by Gasteiger charge is -2.31. The lowest BCUT2D eigenvalue weighted by molar-refractivity contribution is -0.144. The predicted molar refractivity (Wildman–Crippen MR) is 69.2 cm³/mol. The molecule has 1 aliphatic rings. The van der Waals surface area contributed by atoms with Crippen molar-refractivity contribution in [3.05, 3.63) is 0 Å². The van der Waals surface area contributed by atoms with E-state index in [1.165, 1.54) is 25.7 Å². The van der Waals surface area contributed by atoms with Crippen molar-refractivity contribution in [2.24, 2.45) is 5.92 Å². The van der Waals surface area contributed by atoms with Crippen molar-refractivity contribution in [1.82, 2.24) is 10.2 Å². The van der Waals surface area contributed by atoms with E-state index >= 15 is 0 Å². The van der Waals surface area contributed by atoms with Gasteiger partial charge in [0.15, 0.2) is 0 Å². The minimum atomic E-state index is -0.827. The van der Waals surface area contributed by atoms with E-state index in [1.54, 1.807) is 14.0 Å². The number of likely N-dealkylation sites (N-methyl/N-ethyl adjacent to an activating group) is 1. The summed E-state index contributed by atoms with van der Waals surface area (Å²) in [6.07, 6.45) is 4.93. The van der Waals surface area contributed by atoms with Crippen LogP contribution < -0.4 is 5.32 Å². The van der Waals surface area contributed by atoms with Gasteiger partial charge >= 0.3 is 5.97 Å². The van der Waals surface area contributed by atoms with Gasteiger partial charge in [-0.2, -0.15) is 0 Å². The van der Waals surface area contributed by atoms with Crippen molar-refractivity contribution in [2.75, 3.05) is 26.7 Å². The third-order valence-electron chi connectivity index (χ3n) is 4.08. The second-order valence-corrected chi connectivity index (χ2v) is 5.37. The molecule has 0 aliphatic carbocycles. The maximum absolute atomic E-state index is 11.2. The summed E-state index contributed by atoms with van der Waals surface area (Å²) < 4.78 is 0. The van der Waals surface area contributed by atoms with Crippen molar-refractivity contribution >= 4 is 5.97 Å². The van der Waals surface area contributed by atoms with Crippen LogP contribution in [0.1, 0.15) is 39.5 Å². The first-order valence-electron chi connectivity index (χ1n) is 6.66. The Labute approximate surface area is 104 Å². The minimum Gasteiger partial charge on any atom is -0.480 e. The Morgan fingerprint density at radius 1 is 1.47 bits per heavy atom. The molecule has 17 heavy (non-hydrogen) atoms. The maximum atomic E-state index is 11.2. The smallest absolute Gasteiger partial charge is 0.324 e. The average Bonchev–Trinajstić information content (AvgIpc) is 2.53. The summed E-state index contributed by atoms with van der Waals surface area (Å²) in [5.74, 6) is 0.0574. The molecule has 1 rings (SSSR count). The van der Waals surface area contributed by atoms with Gasteiger partial charge in [0.2, 0.25) is 0 Å². The maximum Gasteiger partial charge on any atom is 0.324 e. The summed E-state index contributed by atoms with van der Waals surface area (Å²) in [6.45, 7) is 6.66. The fourth-order valence-electron chi connectivity index (χ4n) is 2.49. The molecule has 0 bridgehead atoms. The Balaban J connectivity index is 2.53. The second-order valence-electron chi connectivity index (χ2n) is 5.37. The third kappa shape index (κ3) is 3.96. The van der Waals surface area contributed by atoms with Gasteiger partial charge in [0, 0.05) is 6.54 Å². The summed E-state index contributed by atoms with van der Waals surface area (Å²) in [6, 6.07) is 0. The number of hydrogen-bond acceptors (Lipinski definition) is 3. The zero-order valence-electron chi connectivity index (χ0n) is 11.3. The molecular weight excluding hydrogens is 216 g/mol. The zero-order chi connectivity index (χ0) is 12.9. The highest BCUT2D eigenvalue weighted by Crippen LogP contribution is 2.21. The summed E-state index contributed by atoms with van der Waals surface area (Å²) in [5, 5.41) is 12.2. The van der Waals surface area contributed by atoms with Crippen LogP contribution in [0.2, 0.25) is 0 Å². The van der Waals surface area contributed by atoms with Crippen LogP contribution in [-0.2, 0) is 4.79 Å². The molecule has 1 fully saturated rings. The van der Waals surface area contributed by atoms with Crippen LogP contribution in [0.15, 0.2) is 0 Å². The van der Waals surface area contributed by atoms with Gasteiger partial charge in [-0.25, -0.2) is 0 Å². The average molecular weight is 242 g/mol. The summed E-state index contributed by atoms with van der Waals surface area (Å²) in [7, 11) is 1.72. The van der Waals surface area contributed by atoms with E-state index in [4.69, 9.17) is 0 Å². The molecule has 0 radical (unpaired) electrons. The summed E-state index contributed by atoms with van der Waals surface area (Å²) in [5.41, 5.74) is -0.827. The van der Waals surface area contributed by atoms with Gasteiger partial charge in [-0.15, -0.1) is 0 Å². The molecule has 1 saturated heterocycles. The van der Waals surface area contributed by atoms with E-state index in [9.17, 15) is 9.90 Å². The topological polar surface area (TPSA) is 52.6 Å². The van der Waals surface area contributed by atoms with Crippen LogP contribution >= 0.6 is 0 Å². The fraction of sp³-hybridized carbons (Fsp3) is 0.923. The van der Waals surface area contributed by atoms with Gasteiger partial charge in [0.05, 0.1) is 0 Å². The van der Waals surface area contributed by atoms with Gasteiger partial charge in [-0.1, -0.05) is 13.3 Å². The van der Waals surface area contributed by atoms with Gasteiger partial charge in [0.1, 0.15) is 5.54 Å². The van der Waals surface area contributed by atoms with Gasteiger partial charge in [-0.05, 0) is 52.2 Å². The SMILES string of the molecule is CCC1CCCN(CC(C)(NC)C(=O)O)CC1. The first kappa shape index (κ1) is 14.5. The Morgan fingerprint density at radius 3 is 2.71 bits per heavy atom. The lowest BCUT2D eigenvalue weighted by Crippen LogP contribution is -2.55. The van der Waals surface area contributed by atoms with E-state index in [1.807, 2.05) is 0 Å². The molecule has 2 atom stereocenters. The quantitative estimate of drug-likeness (QED) is 0.768. The van der Waals surface area contributed by atoms with Gasteiger partial charge < -0.3 is 15.3 Å². The van der Waals surface area contributed by atoms with Gasteiger partial charge in [0.25, 0.3) is 0 Å². The van der Waals surface area contributed by atoms with E-state index in [0.717, 1.165) is 19.0 Å². The van der Waals surface area contributed by atoms with E-state index < -0.39 is 11.5 Å². The van der Waals surface area contributed by atoms with Crippen LogP contribution in [0, 0.1) is 5.92 Å². The van der Waals surface area contributed by atoms with Gasteiger partial charge in [-0.3, -0.25) is 4.79 Å². The van der Waals surface area contributed by atoms with Crippen LogP contribution in [0.5, 0.6) is 0 Å². The zero-order valence-corrected chi connectivity index (χ0v) is 11.3. The Morgan fingerprint density at radius 2 is 2.18 bits per heavy atom. The standard InChI is InChI=1S/C13H26N2O2/c1-4-11-6-5-8-15(9-7-11)10-13(2,14-3)12(16)17/h11,14H,4-10H2,1-3H3,(H,16,17). The van der Waals surface area contributed by atoms with Crippen LogP contribution in [0.3, 0.4) is 0 Å². The number of aliphatic carboxylic acids is 1. The molecule has 4 heteroatoms. The predicted octanol–water partition coefficient (Wildman–Crippen LogP) is 1.56. The Bertz CT molecular complexity index is 258. The number of nitrogens with zero attached hydrogens (tertiary/aromatic N) is 1. The first-order chi connectivity index (χ1) is 8.01. The molecule has 1 aliphatic heterocycles. The lowest BCUT2D eigenvalue weighted by atomic mass is 9.98. The number of hydrogen-bond donors (Lipinski definition) is 2. The van der Waals surface area contributed by atoms with E-state index in [0.29, 0.717) is 6.54 Å². The number of carboxylic acids is 1. The van der Waals surface area contributed by atoms with Crippen molar-refractivity contribution in [3.8, 4) is 0 Å². The van der Waals surface area contributed by atoms with Crippen molar-refractivity contribution in [2.45, 2.75) is 45.1 Å². The molecule has 2 N–H and O–H groups in total. The number of rotatable bonds is 5. The number of likely N-dealkylation sites (tertiary alicyclic amines) is 1. The van der Waals surface area contributed by atoms with Crippen LogP contribution in [-0.4, -0.2) is 48.2 Å². The van der Waals surface area contributed by atoms with Crippen LogP contribution in [0.25, 0.3) is 0 Å². The first-order valence-corrected chi connectivity index (χ1v) is 6.66. The molecule has 0 aromatic rings. The third-order valence-corrected chi connectivity index (χ3v) is 4.08. The van der Waals surface area contributed by atoms with Crippen molar-refractivity contribution in [1.29, 1.82) is 0 Å². The fourth-order valence-corrected chi connectivity index (χ4v) is 2.49. The molecular formula is C13H26N2O2. The minimum absolute atomic E-state index is 0.593. The highest BCUT2D eigenvalue weighted by molar-refractivity contribution is 5.78. The molecule has 0 aromatic heterocycles. The Hall–Kier alpha value is -0.610. The number of carbonyl (C=O) groups is 1. The largest absolute Gasteiger partial charge is 0.480 e. The van der Waals surface area contributed by atoms with Crippen molar-refractivity contribution < 1.29 is 9.90 Å². The summed E-state index contributed by atoms with van der Waals surface area (Å²) in [4.78, 5) is 13.5. The van der Waals surface area contributed by atoms with E-state index in [-0.39, 0.29) is 0 Å². The molecule has 100 valence electrons. The monoisotopic (exact) mass is 242 g/mol. The number of nitrogens with one attached hydrogen (secondary N) is 1.